The van der Waals surface area contributed by atoms with Crippen molar-refractivity contribution in [3.63, 3.8) is 0 Å². The molecule has 1 N–H and O–H groups in total. The molecule has 0 fully saturated rings. The molecule has 2 aromatic carbocycles. The summed E-state index contributed by atoms with van der Waals surface area (Å²) in [4.78, 5) is 27.0. The predicted octanol–water partition coefficient (Wildman–Crippen LogP) is 5.96. The van der Waals surface area contributed by atoms with E-state index >= 15 is 0 Å². The van der Waals surface area contributed by atoms with Gasteiger partial charge in [0.15, 0.2) is 0 Å². The molecule has 0 radical (unpaired) electrons. The molecule has 1 aliphatic carbocycles. The Morgan fingerprint density at radius 3 is 2.19 bits per heavy atom. The zero-order valence-electron chi connectivity index (χ0n) is 17.7. The number of ether oxygens (including phenoxy) is 1. The molecule has 1 aliphatic rings. The van der Waals surface area contributed by atoms with Crippen molar-refractivity contribution in [3.05, 3.63) is 87.8 Å². The zero-order chi connectivity index (χ0) is 21.6. The van der Waals surface area contributed by atoms with Gasteiger partial charge in [0.05, 0.1) is 12.2 Å². The van der Waals surface area contributed by atoms with E-state index in [1.807, 2.05) is 36.4 Å². The van der Waals surface area contributed by atoms with Crippen LogP contribution in [0.1, 0.15) is 64.0 Å². The second-order valence-corrected chi connectivity index (χ2v) is 8.87. The molecular weight excluding hydrogens is 406 g/mol. The normalized spacial score (nSPS) is 13.0. The molecule has 31 heavy (non-hydrogen) atoms. The van der Waals surface area contributed by atoms with Gasteiger partial charge in [0.1, 0.15) is 5.00 Å². The summed E-state index contributed by atoms with van der Waals surface area (Å²) in [6.07, 6.45) is 4.31. The van der Waals surface area contributed by atoms with Crippen LogP contribution in [0.4, 0.5) is 5.00 Å². The number of thiophene rings is 1. The third-order valence-corrected chi connectivity index (χ3v) is 6.90. The molecule has 0 unspecified atom stereocenters. The average molecular weight is 434 g/mol. The maximum Gasteiger partial charge on any atom is 0.341 e. The number of carbonyl (C=O) groups excluding carboxylic acids is 2. The lowest BCUT2D eigenvalue weighted by molar-refractivity contribution is -0.116. The minimum Gasteiger partial charge on any atom is -0.462 e. The Kier molecular flexibility index (Phi) is 6.82. The lowest BCUT2D eigenvalue weighted by Gasteiger charge is -2.18. The monoisotopic (exact) mass is 433 g/mol. The first-order chi connectivity index (χ1) is 15.2. The largest absolute Gasteiger partial charge is 0.462 e. The van der Waals surface area contributed by atoms with Crippen molar-refractivity contribution in [2.75, 3.05) is 11.9 Å². The number of amides is 1. The van der Waals surface area contributed by atoms with Crippen LogP contribution in [0.3, 0.4) is 0 Å². The molecular formula is C26H27NO3S. The molecule has 0 spiro atoms. The van der Waals surface area contributed by atoms with E-state index in [9.17, 15) is 9.59 Å². The summed E-state index contributed by atoms with van der Waals surface area (Å²) < 4.78 is 5.31. The summed E-state index contributed by atoms with van der Waals surface area (Å²) in [5, 5.41) is 3.69. The molecule has 1 aromatic heterocycles. The van der Waals surface area contributed by atoms with Gasteiger partial charge in [-0.05, 0) is 49.3 Å². The topological polar surface area (TPSA) is 55.4 Å². The molecule has 4 rings (SSSR count). The van der Waals surface area contributed by atoms with E-state index < -0.39 is 0 Å². The average Bonchev–Trinajstić information content (AvgIpc) is 3.16. The first-order valence-electron chi connectivity index (χ1n) is 10.9. The summed E-state index contributed by atoms with van der Waals surface area (Å²) in [6.45, 7) is 2.13. The summed E-state index contributed by atoms with van der Waals surface area (Å²) in [6, 6.07) is 20.2. The molecule has 0 saturated heterocycles. The predicted molar refractivity (Wildman–Crippen MR) is 125 cm³/mol. The first-order valence-corrected chi connectivity index (χ1v) is 11.7. The summed E-state index contributed by atoms with van der Waals surface area (Å²) in [7, 11) is 0. The molecule has 0 saturated carbocycles. The van der Waals surface area contributed by atoms with Gasteiger partial charge in [-0.1, -0.05) is 60.7 Å². The highest BCUT2D eigenvalue weighted by atomic mass is 32.1. The summed E-state index contributed by atoms with van der Waals surface area (Å²) in [5.41, 5.74) is 3.82. The Hall–Kier alpha value is -2.92. The number of esters is 1. The second-order valence-electron chi connectivity index (χ2n) is 7.76. The molecule has 0 atom stereocenters. The highest BCUT2D eigenvalue weighted by Gasteiger charge is 2.28. The molecule has 3 aromatic rings. The van der Waals surface area contributed by atoms with Crippen molar-refractivity contribution in [2.45, 2.75) is 44.9 Å². The summed E-state index contributed by atoms with van der Waals surface area (Å²) >= 11 is 1.53. The number of aryl methyl sites for hydroxylation is 1. The van der Waals surface area contributed by atoms with E-state index in [1.54, 1.807) is 6.92 Å². The van der Waals surface area contributed by atoms with Gasteiger partial charge < -0.3 is 10.1 Å². The molecule has 1 heterocycles. The van der Waals surface area contributed by atoms with E-state index in [2.05, 4.69) is 29.6 Å². The van der Waals surface area contributed by atoms with Gasteiger partial charge in [-0.15, -0.1) is 11.3 Å². The van der Waals surface area contributed by atoms with Crippen LogP contribution in [0.2, 0.25) is 0 Å². The number of nitrogens with one attached hydrogen (secondary N) is 1. The SMILES string of the molecule is CCOC(=O)c1c(NC(=O)CC(c2ccccc2)c2ccccc2)sc2c1CCCC2. The van der Waals surface area contributed by atoms with Crippen molar-refractivity contribution < 1.29 is 14.3 Å². The van der Waals surface area contributed by atoms with E-state index in [1.165, 1.54) is 16.2 Å². The van der Waals surface area contributed by atoms with Gasteiger partial charge in [0.2, 0.25) is 5.91 Å². The number of hydrogen-bond acceptors (Lipinski definition) is 4. The van der Waals surface area contributed by atoms with Gasteiger partial charge in [-0.25, -0.2) is 4.79 Å². The highest BCUT2D eigenvalue weighted by molar-refractivity contribution is 7.17. The van der Waals surface area contributed by atoms with Gasteiger partial charge in [-0.2, -0.15) is 0 Å². The smallest absolute Gasteiger partial charge is 0.341 e. The van der Waals surface area contributed by atoms with Crippen LogP contribution in [0.5, 0.6) is 0 Å². The van der Waals surface area contributed by atoms with Gasteiger partial charge >= 0.3 is 5.97 Å². The second kappa shape index (κ2) is 9.92. The molecule has 1 amide bonds. The standard InChI is InChI=1S/C26H27NO3S/c1-2-30-26(29)24-20-15-9-10-16-22(20)31-25(24)27-23(28)17-21(18-11-5-3-6-12-18)19-13-7-4-8-14-19/h3-8,11-14,21H,2,9-10,15-17H2,1H3,(H,27,28). The number of rotatable bonds is 7. The van der Waals surface area contributed by atoms with Crippen molar-refractivity contribution in [1.82, 2.24) is 0 Å². The third kappa shape index (κ3) is 4.88. The molecule has 160 valence electrons. The van der Waals surface area contributed by atoms with E-state index in [4.69, 9.17) is 4.74 Å². The Morgan fingerprint density at radius 1 is 0.968 bits per heavy atom. The Morgan fingerprint density at radius 2 is 1.58 bits per heavy atom. The minimum atomic E-state index is -0.333. The fraction of sp³-hybridized carbons (Fsp3) is 0.308. The fourth-order valence-electron chi connectivity index (χ4n) is 4.24. The molecule has 0 aliphatic heterocycles. The molecule has 0 bridgehead atoms. The van der Waals surface area contributed by atoms with Gasteiger partial charge in [-0.3, -0.25) is 4.79 Å². The molecule has 5 heteroatoms. The maximum absolute atomic E-state index is 13.2. The van der Waals surface area contributed by atoms with Crippen LogP contribution in [-0.4, -0.2) is 18.5 Å². The highest BCUT2D eigenvalue weighted by Crippen LogP contribution is 2.39. The minimum absolute atomic E-state index is 0.0527. The quantitative estimate of drug-likeness (QED) is 0.468. The van der Waals surface area contributed by atoms with Gasteiger partial charge in [0.25, 0.3) is 0 Å². The van der Waals surface area contributed by atoms with Crippen molar-refractivity contribution in [1.29, 1.82) is 0 Å². The van der Waals surface area contributed by atoms with Crippen LogP contribution in [-0.2, 0) is 22.4 Å². The fourth-order valence-corrected chi connectivity index (χ4v) is 5.53. The van der Waals surface area contributed by atoms with Crippen LogP contribution in [0.15, 0.2) is 60.7 Å². The van der Waals surface area contributed by atoms with Crippen LogP contribution < -0.4 is 5.32 Å². The lowest BCUT2D eigenvalue weighted by atomic mass is 9.88. The van der Waals surface area contributed by atoms with Crippen LogP contribution in [0, 0.1) is 0 Å². The van der Waals surface area contributed by atoms with Crippen molar-refractivity contribution in [2.24, 2.45) is 0 Å². The zero-order valence-corrected chi connectivity index (χ0v) is 18.5. The molecule has 4 nitrogen and oxygen atoms in total. The van der Waals surface area contributed by atoms with Gasteiger partial charge in [0, 0.05) is 17.2 Å². The van der Waals surface area contributed by atoms with E-state index in [0.717, 1.165) is 42.4 Å². The lowest BCUT2D eigenvalue weighted by Crippen LogP contribution is -2.18. The summed E-state index contributed by atoms with van der Waals surface area (Å²) in [5.74, 6) is -0.482. The van der Waals surface area contributed by atoms with E-state index in [-0.39, 0.29) is 17.8 Å². The Balaban J connectivity index is 1.60. The van der Waals surface area contributed by atoms with Crippen LogP contribution in [0.25, 0.3) is 0 Å². The number of anilines is 1. The third-order valence-electron chi connectivity index (χ3n) is 5.70. The Bertz CT molecular complexity index is 1000. The van der Waals surface area contributed by atoms with Crippen molar-refractivity contribution in [3.8, 4) is 0 Å². The number of benzene rings is 2. The van der Waals surface area contributed by atoms with E-state index in [0.29, 0.717) is 23.6 Å². The number of fused-ring (bicyclic) bond motifs is 1. The maximum atomic E-state index is 13.2. The number of hydrogen-bond donors (Lipinski definition) is 1. The van der Waals surface area contributed by atoms with Crippen LogP contribution >= 0.6 is 11.3 Å². The first kappa shape index (κ1) is 21.3. The Labute approximate surface area is 187 Å². The van der Waals surface area contributed by atoms with Crippen molar-refractivity contribution >= 4 is 28.2 Å². The number of carbonyl (C=O) groups is 2.